The highest BCUT2D eigenvalue weighted by molar-refractivity contribution is 7.09. The molecule has 2 aromatic heterocycles. The third-order valence-corrected chi connectivity index (χ3v) is 6.06. The molecule has 0 aromatic carbocycles. The molecule has 0 amide bonds. The van der Waals surface area contributed by atoms with E-state index >= 15 is 0 Å². The molecule has 1 unspecified atom stereocenters. The number of aromatic nitrogens is 2. The predicted molar refractivity (Wildman–Crippen MR) is 93.4 cm³/mol. The molecule has 122 valence electrons. The van der Waals surface area contributed by atoms with Gasteiger partial charge in [0, 0.05) is 42.4 Å². The summed E-state index contributed by atoms with van der Waals surface area (Å²) in [5, 5.41) is 3.32. The van der Waals surface area contributed by atoms with Crippen LogP contribution in [0, 0.1) is 6.92 Å². The zero-order chi connectivity index (χ0) is 15.7. The fraction of sp³-hybridized carbons (Fsp3) is 0.556. The van der Waals surface area contributed by atoms with Crippen molar-refractivity contribution in [3.63, 3.8) is 0 Å². The normalized spacial score (nSPS) is 25.6. The summed E-state index contributed by atoms with van der Waals surface area (Å²) in [4.78, 5) is 14.4. The summed E-state index contributed by atoms with van der Waals surface area (Å²) in [7, 11) is 0. The van der Waals surface area contributed by atoms with E-state index in [0.717, 1.165) is 18.8 Å². The number of aryl methyl sites for hydroxylation is 1. The molecule has 2 aliphatic heterocycles. The summed E-state index contributed by atoms with van der Waals surface area (Å²) in [6.07, 6.45) is 5.84. The van der Waals surface area contributed by atoms with Gasteiger partial charge in [-0.05, 0) is 44.9 Å². The lowest BCUT2D eigenvalue weighted by Gasteiger charge is -2.35. The lowest BCUT2D eigenvalue weighted by Crippen LogP contribution is -2.45. The Morgan fingerprint density at radius 1 is 1.22 bits per heavy atom. The smallest absolute Gasteiger partial charge is 0.107 e. The van der Waals surface area contributed by atoms with Gasteiger partial charge in [-0.1, -0.05) is 6.07 Å². The van der Waals surface area contributed by atoms with Crippen molar-refractivity contribution in [1.29, 1.82) is 0 Å². The maximum Gasteiger partial charge on any atom is 0.107 e. The van der Waals surface area contributed by atoms with Crippen molar-refractivity contribution >= 4 is 11.3 Å². The molecule has 2 aromatic rings. The second kappa shape index (κ2) is 6.30. The Bertz CT molecular complexity index is 657. The van der Waals surface area contributed by atoms with Crippen molar-refractivity contribution in [2.24, 2.45) is 0 Å². The Balaban J connectivity index is 1.45. The molecule has 1 spiro atoms. The van der Waals surface area contributed by atoms with Crippen LogP contribution in [0.3, 0.4) is 0 Å². The number of hydrogen-bond donors (Lipinski definition) is 0. The van der Waals surface area contributed by atoms with E-state index in [2.05, 4.69) is 45.3 Å². The molecule has 2 saturated heterocycles. The van der Waals surface area contributed by atoms with Crippen LogP contribution >= 0.6 is 11.3 Å². The first-order valence-corrected chi connectivity index (χ1v) is 9.40. The molecule has 4 nitrogen and oxygen atoms in total. The first kappa shape index (κ1) is 15.2. The van der Waals surface area contributed by atoms with E-state index in [4.69, 9.17) is 4.98 Å². The van der Waals surface area contributed by atoms with Gasteiger partial charge in [0.25, 0.3) is 0 Å². The molecule has 2 aliphatic rings. The van der Waals surface area contributed by atoms with Gasteiger partial charge in [-0.3, -0.25) is 14.8 Å². The van der Waals surface area contributed by atoms with Crippen molar-refractivity contribution in [2.45, 2.75) is 44.8 Å². The predicted octanol–water partition coefficient (Wildman–Crippen LogP) is 3.09. The maximum atomic E-state index is 4.71. The van der Waals surface area contributed by atoms with Crippen LogP contribution in [-0.4, -0.2) is 44.9 Å². The average molecular weight is 328 g/mol. The largest absolute Gasteiger partial charge is 0.295 e. The molecule has 0 radical (unpaired) electrons. The zero-order valence-corrected chi connectivity index (χ0v) is 14.6. The minimum atomic E-state index is 0.364. The summed E-state index contributed by atoms with van der Waals surface area (Å²) < 4.78 is 0. The summed E-state index contributed by atoms with van der Waals surface area (Å²) in [5.74, 6) is 0. The van der Waals surface area contributed by atoms with Gasteiger partial charge >= 0.3 is 0 Å². The molecule has 4 heterocycles. The van der Waals surface area contributed by atoms with Crippen LogP contribution in [0.5, 0.6) is 0 Å². The third kappa shape index (κ3) is 3.18. The van der Waals surface area contributed by atoms with Gasteiger partial charge in [-0.25, -0.2) is 4.98 Å². The highest BCUT2D eigenvalue weighted by atomic mass is 32.1. The van der Waals surface area contributed by atoms with E-state index in [1.807, 2.05) is 6.20 Å². The van der Waals surface area contributed by atoms with E-state index in [1.54, 1.807) is 11.3 Å². The standard InChI is InChI=1S/C18H24N4S/c1-15-4-2-5-16(20-15)12-22-9-3-6-18(22)7-10-21(14-18)13-17-19-8-11-23-17/h2,4-5,8,11H,3,6-7,9-10,12-14H2,1H3. The molecule has 0 bridgehead atoms. The highest BCUT2D eigenvalue weighted by Crippen LogP contribution is 2.39. The Hall–Kier alpha value is -1.30. The lowest BCUT2D eigenvalue weighted by molar-refractivity contribution is 0.129. The van der Waals surface area contributed by atoms with Gasteiger partial charge in [0.2, 0.25) is 0 Å². The SMILES string of the molecule is Cc1cccc(CN2CCCC23CCN(Cc2nccs2)C3)n1. The van der Waals surface area contributed by atoms with E-state index < -0.39 is 0 Å². The minimum Gasteiger partial charge on any atom is -0.295 e. The van der Waals surface area contributed by atoms with E-state index in [-0.39, 0.29) is 0 Å². The monoisotopic (exact) mass is 328 g/mol. The van der Waals surface area contributed by atoms with Crippen molar-refractivity contribution in [2.75, 3.05) is 19.6 Å². The van der Waals surface area contributed by atoms with Crippen molar-refractivity contribution < 1.29 is 0 Å². The fourth-order valence-corrected chi connectivity index (χ4v) is 4.84. The summed E-state index contributed by atoms with van der Waals surface area (Å²) in [5.41, 5.74) is 2.69. The molecule has 2 fully saturated rings. The molecular formula is C18H24N4S. The molecular weight excluding hydrogens is 304 g/mol. The van der Waals surface area contributed by atoms with Gasteiger partial charge in [0.05, 0.1) is 12.2 Å². The van der Waals surface area contributed by atoms with Gasteiger partial charge in [-0.15, -0.1) is 11.3 Å². The first-order valence-electron chi connectivity index (χ1n) is 8.52. The first-order chi connectivity index (χ1) is 11.2. The number of thiazole rings is 1. The molecule has 23 heavy (non-hydrogen) atoms. The Morgan fingerprint density at radius 3 is 3.00 bits per heavy atom. The third-order valence-electron chi connectivity index (χ3n) is 5.29. The fourth-order valence-electron chi connectivity index (χ4n) is 4.18. The van der Waals surface area contributed by atoms with E-state index in [9.17, 15) is 0 Å². The van der Waals surface area contributed by atoms with Gasteiger partial charge < -0.3 is 0 Å². The van der Waals surface area contributed by atoms with Crippen LogP contribution in [0.25, 0.3) is 0 Å². The molecule has 4 rings (SSSR count). The number of likely N-dealkylation sites (tertiary alicyclic amines) is 2. The summed E-state index contributed by atoms with van der Waals surface area (Å²) in [6.45, 7) is 7.66. The Morgan fingerprint density at radius 2 is 2.17 bits per heavy atom. The maximum absolute atomic E-state index is 4.71. The number of nitrogens with zero attached hydrogens (tertiary/aromatic N) is 4. The van der Waals surface area contributed by atoms with Gasteiger partial charge in [0.1, 0.15) is 5.01 Å². The number of hydrogen-bond acceptors (Lipinski definition) is 5. The molecule has 0 saturated carbocycles. The summed E-state index contributed by atoms with van der Waals surface area (Å²) in [6, 6.07) is 6.37. The van der Waals surface area contributed by atoms with E-state index in [0.29, 0.717) is 5.54 Å². The van der Waals surface area contributed by atoms with Crippen LogP contribution in [0.4, 0.5) is 0 Å². The Kier molecular flexibility index (Phi) is 4.18. The minimum absolute atomic E-state index is 0.364. The average Bonchev–Trinajstić information content (AvgIpc) is 3.25. The van der Waals surface area contributed by atoms with Crippen molar-refractivity contribution in [3.05, 3.63) is 46.2 Å². The molecule has 0 N–H and O–H groups in total. The second-order valence-electron chi connectivity index (χ2n) is 6.91. The van der Waals surface area contributed by atoms with Crippen LogP contribution in [0.15, 0.2) is 29.8 Å². The van der Waals surface area contributed by atoms with Gasteiger partial charge in [0.15, 0.2) is 0 Å². The van der Waals surface area contributed by atoms with Crippen LogP contribution in [0.1, 0.15) is 35.7 Å². The Labute approximate surface area is 142 Å². The van der Waals surface area contributed by atoms with Gasteiger partial charge in [-0.2, -0.15) is 0 Å². The molecule has 0 aliphatic carbocycles. The van der Waals surface area contributed by atoms with Crippen molar-refractivity contribution in [3.8, 4) is 0 Å². The highest BCUT2D eigenvalue weighted by Gasteiger charge is 2.45. The second-order valence-corrected chi connectivity index (χ2v) is 7.89. The number of rotatable bonds is 4. The van der Waals surface area contributed by atoms with Crippen LogP contribution < -0.4 is 0 Å². The molecule has 1 atom stereocenters. The summed E-state index contributed by atoms with van der Waals surface area (Å²) >= 11 is 1.77. The lowest BCUT2D eigenvalue weighted by atomic mass is 9.95. The van der Waals surface area contributed by atoms with Crippen molar-refractivity contribution in [1.82, 2.24) is 19.8 Å². The quantitative estimate of drug-likeness (QED) is 0.863. The van der Waals surface area contributed by atoms with Crippen LogP contribution in [0.2, 0.25) is 0 Å². The van der Waals surface area contributed by atoms with Crippen LogP contribution in [-0.2, 0) is 13.1 Å². The van der Waals surface area contributed by atoms with E-state index in [1.165, 1.54) is 49.6 Å². The zero-order valence-electron chi connectivity index (χ0n) is 13.7. The number of pyridine rings is 1. The topological polar surface area (TPSA) is 32.3 Å². The molecule has 5 heteroatoms.